The second-order valence-corrected chi connectivity index (χ2v) is 16.0. The first kappa shape index (κ1) is 50.1. The van der Waals surface area contributed by atoms with Crippen LogP contribution in [-0.4, -0.2) is 48.7 Å². The van der Waals surface area contributed by atoms with Gasteiger partial charge in [0.05, 0.1) is 19.6 Å². The van der Waals surface area contributed by atoms with Gasteiger partial charge >= 0.3 is 17.1 Å². The van der Waals surface area contributed by atoms with Gasteiger partial charge in [-0.15, -0.1) is 0 Å². The number of hydrogen-bond acceptors (Lipinski definition) is 9. The molecule has 0 aliphatic heterocycles. The molecule has 0 N–H and O–H groups in total. The summed E-state index contributed by atoms with van der Waals surface area (Å²) < 4.78 is 20.4. The Balaban J connectivity index is 2.76. The second kappa shape index (κ2) is 34.3. The zero-order valence-electron chi connectivity index (χ0n) is 34.4. The molecule has 0 fully saturated rings. The van der Waals surface area contributed by atoms with Crippen LogP contribution in [0.3, 0.4) is 0 Å². The van der Waals surface area contributed by atoms with E-state index in [1.807, 2.05) is 0 Å². The lowest BCUT2D eigenvalue weighted by atomic mass is 10.1. The van der Waals surface area contributed by atoms with E-state index in [4.69, 9.17) is 50.9 Å². The molecule has 1 aromatic heterocycles. The van der Waals surface area contributed by atoms with E-state index in [-0.39, 0.29) is 39.5 Å². The van der Waals surface area contributed by atoms with Crippen molar-refractivity contribution in [3.05, 3.63) is 31.5 Å². The molecule has 1 aromatic rings. The van der Waals surface area contributed by atoms with Gasteiger partial charge in [0.15, 0.2) is 15.2 Å². The zero-order chi connectivity index (χ0) is 39.7. The van der Waals surface area contributed by atoms with Gasteiger partial charge < -0.3 is 14.2 Å². The summed E-state index contributed by atoms with van der Waals surface area (Å²) >= 11 is 16.3. The molecule has 0 bridgehead atoms. The van der Waals surface area contributed by atoms with Crippen LogP contribution in [0.1, 0.15) is 194 Å². The molecule has 1 heterocycles. The number of nitrogens with zero attached hydrogens (tertiary/aromatic N) is 3. The van der Waals surface area contributed by atoms with Crippen molar-refractivity contribution in [2.45, 2.75) is 214 Å². The molecule has 0 aliphatic carbocycles. The maximum atomic E-state index is 13.5. The molecule has 0 saturated heterocycles. The molecule has 12 heteroatoms. The Hall–Kier alpha value is -1.92. The van der Waals surface area contributed by atoms with Crippen LogP contribution in [0.15, 0.2) is 14.4 Å². The molecular formula is C42H75N3O6S3. The lowest BCUT2D eigenvalue weighted by molar-refractivity contribution is 0.247. The van der Waals surface area contributed by atoms with Crippen LogP contribution in [0, 0.1) is 0 Å². The predicted molar refractivity (Wildman–Crippen MR) is 237 cm³/mol. The highest BCUT2D eigenvalue weighted by Gasteiger charge is 2.17. The van der Waals surface area contributed by atoms with Crippen molar-refractivity contribution < 1.29 is 14.2 Å². The minimum absolute atomic E-state index is 0.0368. The summed E-state index contributed by atoms with van der Waals surface area (Å²) in [6, 6.07) is 0. The number of thiocarbonyl (C=S) groups is 3. The van der Waals surface area contributed by atoms with Crippen LogP contribution in [-0.2, 0) is 33.8 Å². The first-order chi connectivity index (χ1) is 26.3. The Morgan fingerprint density at radius 2 is 0.574 bits per heavy atom. The maximum Gasteiger partial charge on any atom is 0.336 e. The van der Waals surface area contributed by atoms with E-state index in [9.17, 15) is 14.4 Å². The largest absolute Gasteiger partial charge is 0.485 e. The summed E-state index contributed by atoms with van der Waals surface area (Å²) in [6.45, 7) is 6.73. The molecule has 0 amide bonds. The lowest BCUT2D eigenvalue weighted by Gasteiger charge is -2.15. The minimum Gasteiger partial charge on any atom is -0.485 e. The summed E-state index contributed by atoms with van der Waals surface area (Å²) in [4.78, 5) is 40.5. The first-order valence-electron chi connectivity index (χ1n) is 21.7. The van der Waals surface area contributed by atoms with Crippen LogP contribution in [0.25, 0.3) is 0 Å². The van der Waals surface area contributed by atoms with Crippen molar-refractivity contribution in [3.63, 3.8) is 0 Å². The normalized spacial score (nSPS) is 11.2. The molecule has 0 saturated carbocycles. The smallest absolute Gasteiger partial charge is 0.336 e. The van der Waals surface area contributed by atoms with Crippen molar-refractivity contribution in [2.24, 2.45) is 0 Å². The highest BCUT2D eigenvalue weighted by molar-refractivity contribution is 7.80. The fourth-order valence-corrected chi connectivity index (χ4v) is 7.12. The summed E-state index contributed by atoms with van der Waals surface area (Å²) in [5.74, 6) is 0. The first-order valence-corrected chi connectivity index (χ1v) is 22.9. The fraction of sp³-hybridized carbons (Fsp3) is 0.857. The van der Waals surface area contributed by atoms with Gasteiger partial charge in [-0.1, -0.05) is 156 Å². The Morgan fingerprint density at radius 1 is 0.370 bits per heavy atom. The van der Waals surface area contributed by atoms with E-state index in [1.54, 1.807) is 0 Å². The predicted octanol–water partition coefficient (Wildman–Crippen LogP) is 10.8. The maximum absolute atomic E-state index is 13.5. The Labute approximate surface area is 343 Å². The van der Waals surface area contributed by atoms with E-state index in [0.717, 1.165) is 52.2 Å². The van der Waals surface area contributed by atoms with Crippen LogP contribution in [0.4, 0.5) is 0 Å². The average Bonchev–Trinajstić information content (AvgIpc) is 3.15. The van der Waals surface area contributed by atoms with Crippen LogP contribution >= 0.6 is 36.7 Å². The summed E-state index contributed by atoms with van der Waals surface area (Å²) in [7, 11) is 0. The van der Waals surface area contributed by atoms with E-state index < -0.39 is 17.1 Å². The molecule has 0 unspecified atom stereocenters. The van der Waals surface area contributed by atoms with Crippen molar-refractivity contribution in [1.29, 1.82) is 0 Å². The van der Waals surface area contributed by atoms with Gasteiger partial charge in [-0.05, 0) is 55.9 Å². The fourth-order valence-electron chi connectivity index (χ4n) is 6.43. The third-order valence-electron chi connectivity index (χ3n) is 9.82. The molecule has 312 valence electrons. The second-order valence-electron chi connectivity index (χ2n) is 14.6. The van der Waals surface area contributed by atoms with E-state index in [1.165, 1.54) is 116 Å². The zero-order valence-corrected chi connectivity index (χ0v) is 36.8. The molecule has 0 radical (unpaired) electrons. The van der Waals surface area contributed by atoms with E-state index >= 15 is 0 Å². The molecule has 1 rings (SSSR count). The van der Waals surface area contributed by atoms with Gasteiger partial charge in [-0.3, -0.25) is 0 Å². The van der Waals surface area contributed by atoms with Gasteiger partial charge in [0.2, 0.25) is 0 Å². The standard InChI is InChI=1S/C42H75N3O6S3/c1-4-7-10-13-16-19-22-25-28-37(52)49-34-31-43-40(46)44(32-35-50-38(53)29-26-23-20-17-14-11-8-5-2)42(48)45(41(43)47)33-36-51-39(54)30-27-24-21-18-15-12-9-6-3/h4-36H2,1-3H3. The van der Waals surface area contributed by atoms with Gasteiger partial charge in [0.25, 0.3) is 0 Å². The van der Waals surface area contributed by atoms with Crippen LogP contribution < -0.4 is 17.1 Å². The summed E-state index contributed by atoms with van der Waals surface area (Å²) in [5.41, 5.74) is -2.12. The van der Waals surface area contributed by atoms with Crippen LogP contribution in [0.5, 0.6) is 0 Å². The van der Waals surface area contributed by atoms with Gasteiger partial charge in [0.1, 0.15) is 19.8 Å². The molecule has 0 atom stereocenters. The molecule has 0 aromatic carbocycles. The average molecular weight is 814 g/mol. The third-order valence-corrected chi connectivity index (χ3v) is 10.8. The van der Waals surface area contributed by atoms with E-state index in [2.05, 4.69) is 20.8 Å². The van der Waals surface area contributed by atoms with Gasteiger partial charge in [0, 0.05) is 19.3 Å². The highest BCUT2D eigenvalue weighted by atomic mass is 32.1. The minimum atomic E-state index is -0.706. The Kier molecular flexibility index (Phi) is 31.9. The topological polar surface area (TPSA) is 93.7 Å². The monoisotopic (exact) mass is 813 g/mol. The summed E-state index contributed by atoms with van der Waals surface area (Å²) in [6.07, 6.45) is 30.8. The highest BCUT2D eigenvalue weighted by Crippen LogP contribution is 2.12. The Morgan fingerprint density at radius 3 is 0.796 bits per heavy atom. The number of unbranched alkanes of at least 4 members (excludes halogenated alkanes) is 21. The van der Waals surface area contributed by atoms with Crippen molar-refractivity contribution in [2.75, 3.05) is 19.8 Å². The molecule has 0 aliphatic rings. The van der Waals surface area contributed by atoms with Gasteiger partial charge in [-0.25, -0.2) is 28.1 Å². The molecule has 54 heavy (non-hydrogen) atoms. The molecule has 0 spiro atoms. The number of hydrogen-bond donors (Lipinski definition) is 0. The third kappa shape index (κ3) is 24.6. The number of ether oxygens (including phenoxy) is 3. The van der Waals surface area contributed by atoms with E-state index in [0.29, 0.717) is 34.4 Å². The molecule has 9 nitrogen and oxygen atoms in total. The van der Waals surface area contributed by atoms with Crippen molar-refractivity contribution >= 4 is 51.8 Å². The molecular weight excluding hydrogens is 739 g/mol. The summed E-state index contributed by atoms with van der Waals surface area (Å²) in [5, 5.41) is 1.42. The SMILES string of the molecule is CCCCCCCCCCC(=S)OCCn1c(=O)n(CCOC(=S)CCCCCCCCCC)c(=O)n(CCOC(=S)CCCCCCCCCC)c1=O. The lowest BCUT2D eigenvalue weighted by Crippen LogP contribution is -2.55. The number of rotatable bonds is 36. The van der Waals surface area contributed by atoms with Crippen molar-refractivity contribution in [3.8, 4) is 0 Å². The van der Waals surface area contributed by atoms with Crippen molar-refractivity contribution in [1.82, 2.24) is 13.7 Å². The quantitative estimate of drug-likeness (QED) is 0.0485. The van der Waals surface area contributed by atoms with Gasteiger partial charge in [-0.2, -0.15) is 0 Å². The van der Waals surface area contributed by atoms with Crippen LogP contribution in [0.2, 0.25) is 0 Å². The number of aromatic nitrogens is 3. The Bertz CT molecular complexity index is 1140.